The first-order valence-electron chi connectivity index (χ1n) is 28.5. The molecule has 0 radical (unpaired) electrons. The minimum Gasteiger partial charge on any atom is -0.460 e. The molecule has 0 unspecified atom stereocenters. The van der Waals surface area contributed by atoms with E-state index in [2.05, 4.69) is 10.3 Å². The number of nitrogens with zero attached hydrogens (tertiary/aromatic N) is 2. The van der Waals surface area contributed by atoms with Gasteiger partial charge in [-0.05, 0) is 119 Å². The monoisotopic (exact) mass is 1210 g/mol. The van der Waals surface area contributed by atoms with Crippen LogP contribution in [0.2, 0.25) is 0 Å². The standard InChI is InChI=1S/C58H87N3O20P2/c1-33-16-12-11-13-17-34(2)47(76-8)30-42-22-19-39(7)58(69,81-42)53(65)54(66)61-25-15-14-18-44(61)55(67)79-48(31-45(62)35(3)27-38(6)51(64)52(78-10)50(63)37(5)26-33)36(4)28-40-20-24-46(49(29-40)77-9)80-57(68)60-41-21-23-43(59-32-41)56(82(70,71)72)83(73,74)75/h11-13,16-17,21,23,27,32-33,35-37,39-40,42,44,46-49,51-52,56,64,69H,14-15,18-20,22,24-26,28-31H2,1-10H3,(H,60,68)(H2,70,71,72)(H2,73,74,75)/b13-11+,16-12-,34-17+,38-27+/t33-,35-,36-,37-,39-,40-,42+,44+,46-,47+,48+,49-,51-,52+,58-/m1/s1. The lowest BCUT2D eigenvalue weighted by atomic mass is 9.78. The lowest BCUT2D eigenvalue weighted by Crippen LogP contribution is -2.61. The normalized spacial score (nSPS) is 34.5. The number of nitrogens with one attached hydrogen (secondary N) is 1. The number of Topliss-reactive ketones (excluding diaryl/α,β-unsaturated/α-hetero) is 3. The molecular formula is C58H87N3O20P2. The quantitative estimate of drug-likeness (QED) is 0.0499. The number of rotatable bonds is 11. The highest BCUT2D eigenvalue weighted by atomic mass is 31.2. The highest BCUT2D eigenvalue weighted by Gasteiger charge is 2.53. The molecule has 0 spiro atoms. The Labute approximate surface area is 486 Å². The van der Waals surface area contributed by atoms with E-state index in [9.17, 15) is 67.7 Å². The lowest BCUT2D eigenvalue weighted by Gasteiger charge is -2.42. The number of ketones is 3. The van der Waals surface area contributed by atoms with Crippen molar-refractivity contribution in [3.63, 3.8) is 0 Å². The van der Waals surface area contributed by atoms with Gasteiger partial charge in [-0.1, -0.05) is 71.1 Å². The van der Waals surface area contributed by atoms with E-state index in [-0.39, 0.29) is 54.9 Å². The smallest absolute Gasteiger partial charge is 0.412 e. The molecule has 464 valence electrons. The van der Waals surface area contributed by atoms with Crippen molar-refractivity contribution in [3.05, 3.63) is 71.6 Å². The number of fused-ring (bicyclic) bond motifs is 3. The summed E-state index contributed by atoms with van der Waals surface area (Å²) in [5.41, 5.74) is 0.565. The van der Waals surface area contributed by atoms with Gasteiger partial charge in [0.05, 0.1) is 35.9 Å². The van der Waals surface area contributed by atoms with Crippen molar-refractivity contribution in [1.29, 1.82) is 0 Å². The Morgan fingerprint density at radius 3 is 2.18 bits per heavy atom. The fourth-order valence-electron chi connectivity index (χ4n) is 11.7. The fourth-order valence-corrected chi connectivity index (χ4v) is 14.3. The van der Waals surface area contributed by atoms with Crippen LogP contribution in [0.4, 0.5) is 10.5 Å². The maximum atomic E-state index is 14.6. The van der Waals surface area contributed by atoms with E-state index in [1.54, 1.807) is 40.9 Å². The molecule has 1 aromatic rings. The molecule has 2 amide bonds. The zero-order valence-electron chi connectivity index (χ0n) is 49.2. The van der Waals surface area contributed by atoms with E-state index in [4.69, 9.17) is 28.4 Å². The Balaban J connectivity index is 1.40. The summed E-state index contributed by atoms with van der Waals surface area (Å²) < 4.78 is 59.2. The average Bonchev–Trinajstić information content (AvgIpc) is 3.53. The van der Waals surface area contributed by atoms with Crippen LogP contribution in [0.25, 0.3) is 0 Å². The van der Waals surface area contributed by atoms with Crippen LogP contribution < -0.4 is 5.32 Å². The summed E-state index contributed by atoms with van der Waals surface area (Å²) in [7, 11) is -6.34. The number of aliphatic hydroxyl groups excluding tert-OH is 1. The van der Waals surface area contributed by atoms with Gasteiger partial charge in [0, 0.05) is 58.5 Å². The number of piperidine rings is 1. The topological polar surface area (TPSA) is 341 Å². The number of esters is 1. The van der Waals surface area contributed by atoms with Crippen LogP contribution in [0.3, 0.4) is 0 Å². The number of hydrogen-bond donors (Lipinski definition) is 7. The number of aromatic nitrogens is 1. The van der Waals surface area contributed by atoms with Gasteiger partial charge in [-0.2, -0.15) is 0 Å². The fraction of sp³-hybridized carbons (Fsp3) is 0.672. The summed E-state index contributed by atoms with van der Waals surface area (Å²) in [5.74, 6) is -9.16. The number of methoxy groups -OCH3 is 3. The number of pyridine rings is 1. The van der Waals surface area contributed by atoms with Crippen molar-refractivity contribution in [2.45, 2.75) is 185 Å². The van der Waals surface area contributed by atoms with E-state index < -0.39 is 128 Å². The molecule has 83 heavy (non-hydrogen) atoms. The minimum atomic E-state index is -5.33. The molecule has 1 saturated carbocycles. The van der Waals surface area contributed by atoms with Crippen LogP contribution in [0.1, 0.15) is 137 Å². The van der Waals surface area contributed by atoms with Crippen molar-refractivity contribution in [2.75, 3.05) is 33.2 Å². The van der Waals surface area contributed by atoms with Crippen LogP contribution in [-0.2, 0) is 61.5 Å². The number of amides is 2. The molecule has 23 nitrogen and oxygen atoms in total. The summed E-state index contributed by atoms with van der Waals surface area (Å²) in [6, 6.07) is 0.865. The third-order valence-corrected chi connectivity index (χ3v) is 20.3. The third-order valence-electron chi connectivity index (χ3n) is 16.6. The van der Waals surface area contributed by atoms with Gasteiger partial charge in [0.2, 0.25) is 11.2 Å². The molecule has 1 aromatic heterocycles. The molecule has 0 aromatic carbocycles. The number of aliphatic hydroxyl groups is 2. The van der Waals surface area contributed by atoms with Crippen molar-refractivity contribution in [3.8, 4) is 0 Å². The van der Waals surface area contributed by atoms with Crippen molar-refractivity contribution in [2.24, 2.45) is 35.5 Å². The Morgan fingerprint density at radius 2 is 1.55 bits per heavy atom. The molecule has 2 bridgehead atoms. The summed E-state index contributed by atoms with van der Waals surface area (Å²) in [6.07, 6.45) is 8.61. The third kappa shape index (κ3) is 18.7. The summed E-state index contributed by atoms with van der Waals surface area (Å²) >= 11 is 0. The van der Waals surface area contributed by atoms with E-state index >= 15 is 0 Å². The van der Waals surface area contributed by atoms with Crippen molar-refractivity contribution in [1.82, 2.24) is 9.88 Å². The first-order chi connectivity index (χ1) is 38.9. The van der Waals surface area contributed by atoms with E-state index in [1.807, 2.05) is 51.2 Å². The summed E-state index contributed by atoms with van der Waals surface area (Å²) in [6.45, 7) is 12.3. The molecule has 3 fully saturated rings. The number of ether oxygens (including phenoxy) is 6. The first kappa shape index (κ1) is 69.2. The SMILES string of the molecule is CO[C@H]1C[C@@H]2CC[C@@H](C)[C@@](O)(O2)C(=O)C(=O)N2CCCC[C@H]2C(=O)O[C@H]([C@H](C)C[C@H]2CC[C@@H](OC(=O)Nc3ccc(C(P(=O)(O)O)P(=O)(O)O)nc3)[C@H](OC)C2)CC(=O)[C@H](C)/C=C(\C)[C@@H](O)[C@@H](OC)C(=O)[C@H](C)C[C@H](C)\C=C/C=C/C=C/1C. The summed E-state index contributed by atoms with van der Waals surface area (Å²) in [4.78, 5) is 128. The van der Waals surface area contributed by atoms with Gasteiger partial charge in [0.1, 0.15) is 36.2 Å². The molecule has 25 heteroatoms. The molecule has 5 rings (SSSR count). The number of anilines is 1. The molecule has 3 aliphatic heterocycles. The number of cyclic esters (lactones) is 1. The molecule has 1 aliphatic carbocycles. The van der Waals surface area contributed by atoms with Gasteiger partial charge in [0.25, 0.3) is 11.7 Å². The maximum absolute atomic E-state index is 14.6. The largest absolute Gasteiger partial charge is 0.460 e. The number of allylic oxidation sites excluding steroid dienone is 6. The molecule has 4 aliphatic rings. The average molecular weight is 1210 g/mol. The Kier molecular flexibility index (Phi) is 25.5. The lowest BCUT2D eigenvalue weighted by molar-refractivity contribution is -0.265. The second-order valence-corrected chi connectivity index (χ2v) is 26.9. The minimum absolute atomic E-state index is 0.000590. The van der Waals surface area contributed by atoms with Crippen LogP contribution in [-0.4, -0.2) is 157 Å². The van der Waals surface area contributed by atoms with E-state index in [0.717, 1.165) is 28.8 Å². The Morgan fingerprint density at radius 1 is 0.855 bits per heavy atom. The van der Waals surface area contributed by atoms with Gasteiger partial charge in [0.15, 0.2) is 5.78 Å². The second-order valence-electron chi connectivity index (χ2n) is 23.1. The highest BCUT2D eigenvalue weighted by Crippen LogP contribution is 2.69. The number of hydrogen-bond acceptors (Lipinski definition) is 17. The Bertz CT molecular complexity index is 2630. The van der Waals surface area contributed by atoms with Crippen LogP contribution in [0.15, 0.2) is 65.9 Å². The highest BCUT2D eigenvalue weighted by molar-refractivity contribution is 7.70. The van der Waals surface area contributed by atoms with Crippen molar-refractivity contribution >= 4 is 56.2 Å². The predicted molar refractivity (Wildman–Crippen MR) is 304 cm³/mol. The summed E-state index contributed by atoms with van der Waals surface area (Å²) in [5, 5.41) is 23.5. The van der Waals surface area contributed by atoms with E-state index in [1.165, 1.54) is 14.2 Å². The molecule has 2 saturated heterocycles. The Hall–Kier alpha value is -4.61. The second kappa shape index (κ2) is 30.6. The van der Waals surface area contributed by atoms with Crippen LogP contribution in [0.5, 0.6) is 0 Å². The molecule has 7 N–H and O–H groups in total. The van der Waals surface area contributed by atoms with Crippen molar-refractivity contribution < 1.29 is 96.1 Å². The van der Waals surface area contributed by atoms with E-state index in [0.29, 0.717) is 63.4 Å². The zero-order chi connectivity index (χ0) is 61.7. The maximum Gasteiger partial charge on any atom is 0.412 e. The van der Waals surface area contributed by atoms with Crippen LogP contribution >= 0.6 is 15.2 Å². The predicted octanol–water partition coefficient (Wildman–Crippen LogP) is 7.19. The van der Waals surface area contributed by atoms with Gasteiger partial charge in [-0.25, -0.2) is 9.59 Å². The van der Waals surface area contributed by atoms with Gasteiger partial charge in [-0.15, -0.1) is 0 Å². The first-order valence-corrected chi connectivity index (χ1v) is 31.8. The number of carbonyl (C=O) groups excluding carboxylic acids is 6. The molecule has 4 heterocycles. The zero-order valence-corrected chi connectivity index (χ0v) is 51.0. The van der Waals surface area contributed by atoms with Gasteiger partial charge in [-0.3, -0.25) is 38.6 Å². The molecule has 15 atom stereocenters. The van der Waals surface area contributed by atoms with Gasteiger partial charge >= 0.3 is 27.3 Å². The molecular weight excluding hydrogens is 1120 g/mol. The van der Waals surface area contributed by atoms with Crippen LogP contribution in [0, 0.1) is 35.5 Å². The van der Waals surface area contributed by atoms with Gasteiger partial charge < -0.3 is 63.1 Å². The number of carbonyl (C=O) groups is 6.